The molecule has 1 aliphatic rings. The van der Waals surface area contributed by atoms with Gasteiger partial charge in [-0.05, 0) is 24.3 Å². The zero-order valence-electron chi connectivity index (χ0n) is 23.0. The van der Waals surface area contributed by atoms with Gasteiger partial charge in [-0.25, -0.2) is 0 Å². The van der Waals surface area contributed by atoms with Gasteiger partial charge in [0.1, 0.15) is 24.2 Å². The van der Waals surface area contributed by atoms with Crippen molar-refractivity contribution >= 4 is 48.1 Å². The van der Waals surface area contributed by atoms with Crippen LogP contribution in [0.15, 0.2) is 30.3 Å². The molecule has 1 aromatic rings. The van der Waals surface area contributed by atoms with Crippen molar-refractivity contribution in [1.29, 1.82) is 5.41 Å². The van der Waals surface area contributed by atoms with Crippen molar-refractivity contribution in [3.8, 4) is 0 Å². The maximum atomic E-state index is 13.8. The molecule has 40 heavy (non-hydrogen) atoms. The normalized spacial score (nSPS) is 23.3. The Kier molecular flexibility index (Phi) is 12.7. The van der Waals surface area contributed by atoms with E-state index in [0.29, 0.717) is 13.0 Å². The smallest absolute Gasteiger partial charge is 0.245 e. The van der Waals surface area contributed by atoms with Crippen LogP contribution in [-0.2, 0) is 30.4 Å². The topological polar surface area (TPSA) is 199 Å². The molecule has 4 atom stereocenters. The molecule has 1 aromatic carbocycles. The number of benzene rings is 1. The number of nitrogens with one attached hydrogen (secondary N) is 6. The van der Waals surface area contributed by atoms with Crippen LogP contribution in [0.25, 0.3) is 0 Å². The lowest BCUT2D eigenvalue weighted by Gasteiger charge is -2.34. The number of guanidine groups is 1. The lowest BCUT2D eigenvalue weighted by Crippen LogP contribution is -2.59. The summed E-state index contributed by atoms with van der Waals surface area (Å²) in [7, 11) is 1.48. The van der Waals surface area contributed by atoms with Gasteiger partial charge in [0.2, 0.25) is 29.5 Å². The quantitative estimate of drug-likeness (QED) is 0.0796. The SMILES string of the molecule is CC(C)C1C(=O)NC(CCCNC(=N)N)C(=O)NCC(=O)NC(CS)C(=O)NC(Cc2ccccc2)C(=O)N1C. The second-order valence-corrected chi connectivity index (χ2v) is 10.3. The molecule has 0 aromatic heterocycles. The Morgan fingerprint density at radius 1 is 1.02 bits per heavy atom. The fourth-order valence-corrected chi connectivity index (χ4v) is 4.67. The predicted octanol–water partition coefficient (Wildman–Crippen LogP) is -1.51. The summed E-state index contributed by atoms with van der Waals surface area (Å²) in [6.07, 6.45) is 0.712. The van der Waals surface area contributed by atoms with Crippen LogP contribution in [-0.4, -0.2) is 90.5 Å². The third-order valence-corrected chi connectivity index (χ3v) is 6.80. The molecule has 0 radical (unpaired) electrons. The number of thiol groups is 1. The van der Waals surface area contributed by atoms with E-state index in [-0.39, 0.29) is 30.5 Å². The highest BCUT2D eigenvalue weighted by Crippen LogP contribution is 2.15. The monoisotopic (exact) mass is 576 g/mol. The first kappa shape index (κ1) is 32.4. The van der Waals surface area contributed by atoms with Gasteiger partial charge in [-0.3, -0.25) is 29.4 Å². The van der Waals surface area contributed by atoms with Crippen molar-refractivity contribution in [1.82, 2.24) is 31.5 Å². The first-order valence-electron chi connectivity index (χ1n) is 13.1. The Morgan fingerprint density at radius 2 is 1.68 bits per heavy atom. The number of amides is 5. The van der Waals surface area contributed by atoms with E-state index in [2.05, 4.69) is 39.2 Å². The number of nitrogens with two attached hydrogens (primary N) is 1. The summed E-state index contributed by atoms with van der Waals surface area (Å²) in [5, 5.41) is 20.4. The average Bonchev–Trinajstić information content (AvgIpc) is 2.90. The zero-order chi connectivity index (χ0) is 29.8. The van der Waals surface area contributed by atoms with Gasteiger partial charge in [-0.15, -0.1) is 0 Å². The van der Waals surface area contributed by atoms with Crippen molar-refractivity contribution in [3.05, 3.63) is 35.9 Å². The van der Waals surface area contributed by atoms with Gasteiger partial charge in [0.25, 0.3) is 0 Å². The number of rotatable bonds is 8. The average molecular weight is 577 g/mol. The Hall–Kier alpha value is -3.81. The lowest BCUT2D eigenvalue weighted by molar-refractivity contribution is -0.144. The van der Waals surface area contributed by atoms with Crippen LogP contribution < -0.4 is 32.3 Å². The van der Waals surface area contributed by atoms with Crippen LogP contribution in [0.2, 0.25) is 0 Å². The van der Waals surface area contributed by atoms with Crippen molar-refractivity contribution in [2.45, 2.75) is 57.3 Å². The van der Waals surface area contributed by atoms with Crippen molar-refractivity contribution < 1.29 is 24.0 Å². The van der Waals surface area contributed by atoms with Crippen LogP contribution >= 0.6 is 12.6 Å². The Balaban J connectivity index is 2.43. The van der Waals surface area contributed by atoms with Gasteiger partial charge >= 0.3 is 0 Å². The minimum atomic E-state index is -1.07. The highest BCUT2D eigenvalue weighted by Gasteiger charge is 2.37. The first-order valence-corrected chi connectivity index (χ1v) is 13.7. The molecule has 220 valence electrons. The molecule has 2 rings (SSSR count). The molecule has 1 saturated heterocycles. The molecular formula is C26H40N8O5S. The molecule has 0 spiro atoms. The van der Waals surface area contributed by atoms with E-state index in [0.717, 1.165) is 5.56 Å². The molecule has 14 heteroatoms. The zero-order valence-corrected chi connectivity index (χ0v) is 23.9. The van der Waals surface area contributed by atoms with Crippen molar-refractivity contribution in [3.63, 3.8) is 0 Å². The summed E-state index contributed by atoms with van der Waals surface area (Å²) in [4.78, 5) is 67.3. The maximum Gasteiger partial charge on any atom is 0.245 e. The van der Waals surface area contributed by atoms with Gasteiger partial charge in [0.15, 0.2) is 5.96 Å². The number of likely N-dealkylation sites (N-methyl/N-ethyl adjacent to an activating group) is 1. The number of hydrogen-bond acceptors (Lipinski definition) is 7. The summed E-state index contributed by atoms with van der Waals surface area (Å²) < 4.78 is 0. The van der Waals surface area contributed by atoms with E-state index >= 15 is 0 Å². The first-order chi connectivity index (χ1) is 18.9. The van der Waals surface area contributed by atoms with E-state index in [4.69, 9.17) is 11.1 Å². The van der Waals surface area contributed by atoms with Crippen LogP contribution in [0.3, 0.4) is 0 Å². The minimum absolute atomic E-state index is 0.0476. The van der Waals surface area contributed by atoms with Crippen LogP contribution in [0.5, 0.6) is 0 Å². The highest BCUT2D eigenvalue weighted by molar-refractivity contribution is 7.80. The Labute approximate surface area is 239 Å². The summed E-state index contributed by atoms with van der Waals surface area (Å²) >= 11 is 4.19. The Morgan fingerprint density at radius 3 is 2.27 bits per heavy atom. The largest absolute Gasteiger partial charge is 0.370 e. The summed E-state index contributed by atoms with van der Waals surface area (Å²) in [5.74, 6) is -3.52. The number of carbonyl (C=O) groups is 5. The van der Waals surface area contributed by atoms with E-state index in [1.807, 2.05) is 30.3 Å². The molecule has 0 aliphatic carbocycles. The second-order valence-electron chi connectivity index (χ2n) is 9.95. The highest BCUT2D eigenvalue weighted by atomic mass is 32.1. The molecule has 0 saturated carbocycles. The van der Waals surface area contributed by atoms with E-state index < -0.39 is 60.2 Å². The van der Waals surface area contributed by atoms with E-state index in [1.54, 1.807) is 13.8 Å². The number of nitrogens with zero attached hydrogens (tertiary/aromatic N) is 1. The lowest BCUT2D eigenvalue weighted by atomic mass is 9.98. The maximum absolute atomic E-state index is 13.8. The molecule has 4 unspecified atom stereocenters. The van der Waals surface area contributed by atoms with Crippen molar-refractivity contribution in [2.75, 3.05) is 25.9 Å². The number of carbonyl (C=O) groups excluding carboxylic acids is 5. The second kappa shape index (κ2) is 15.7. The van der Waals surface area contributed by atoms with Crippen LogP contribution in [0, 0.1) is 11.3 Å². The van der Waals surface area contributed by atoms with Crippen molar-refractivity contribution in [2.24, 2.45) is 11.7 Å². The van der Waals surface area contributed by atoms with E-state index in [9.17, 15) is 24.0 Å². The third-order valence-electron chi connectivity index (χ3n) is 6.44. The van der Waals surface area contributed by atoms with Gasteiger partial charge < -0.3 is 37.2 Å². The summed E-state index contributed by atoms with van der Waals surface area (Å²) in [6, 6.07) is 5.02. The Bertz CT molecular complexity index is 1070. The standard InChI is InChI=1S/C26H40N8O5S/c1-15(2)21-24(38)32-17(10-7-11-29-26(27)28)22(36)30-13-20(35)31-19(14-40)23(37)33-18(25(39)34(21)3)12-16-8-5-4-6-9-16/h4-6,8-9,15,17-19,21,40H,7,10-14H2,1-3H3,(H,30,36)(H,31,35)(H,32,38)(H,33,37)(H4,27,28,29). The molecule has 0 bridgehead atoms. The molecule has 8 N–H and O–H groups in total. The van der Waals surface area contributed by atoms with E-state index in [1.165, 1.54) is 11.9 Å². The molecular weight excluding hydrogens is 536 g/mol. The van der Waals surface area contributed by atoms with Crippen LogP contribution in [0.4, 0.5) is 0 Å². The molecule has 1 heterocycles. The predicted molar refractivity (Wildman–Crippen MR) is 153 cm³/mol. The fourth-order valence-electron chi connectivity index (χ4n) is 4.42. The molecule has 5 amide bonds. The van der Waals surface area contributed by atoms with Gasteiger partial charge in [0.05, 0.1) is 6.54 Å². The van der Waals surface area contributed by atoms with Gasteiger partial charge in [-0.2, -0.15) is 12.6 Å². The van der Waals surface area contributed by atoms with Gasteiger partial charge in [-0.1, -0.05) is 44.2 Å². The molecule has 13 nitrogen and oxygen atoms in total. The molecule has 1 fully saturated rings. The third kappa shape index (κ3) is 9.74. The van der Waals surface area contributed by atoms with Gasteiger partial charge in [0, 0.05) is 25.8 Å². The number of hydrogen-bond donors (Lipinski definition) is 8. The summed E-state index contributed by atoms with van der Waals surface area (Å²) in [5.41, 5.74) is 6.10. The van der Waals surface area contributed by atoms with Crippen LogP contribution in [0.1, 0.15) is 32.3 Å². The minimum Gasteiger partial charge on any atom is -0.370 e. The molecule has 1 aliphatic heterocycles. The fraction of sp³-hybridized carbons (Fsp3) is 0.538. The summed E-state index contributed by atoms with van der Waals surface area (Å²) in [6.45, 7) is 3.41.